The summed E-state index contributed by atoms with van der Waals surface area (Å²) < 4.78 is 0. The number of hydrogen-bond acceptors (Lipinski definition) is 1. The normalized spacial score (nSPS) is 11.5. The number of allylic oxidation sites excluding steroid dienone is 1. The summed E-state index contributed by atoms with van der Waals surface area (Å²) in [6.07, 6.45) is 7.58. The Balaban J connectivity index is 2.63. The lowest BCUT2D eigenvalue weighted by Crippen LogP contribution is -1.96. The van der Waals surface area contributed by atoms with E-state index in [-0.39, 0.29) is 6.42 Å². The minimum absolute atomic E-state index is 0.227. The van der Waals surface area contributed by atoms with Gasteiger partial charge in [-0.15, -0.1) is 0 Å². The summed E-state index contributed by atoms with van der Waals surface area (Å²) in [4.78, 5) is 10.7. The summed E-state index contributed by atoms with van der Waals surface area (Å²) in [5, 5.41) is 8.77. The molecular weight excluding hydrogens is 224 g/mol. The molecule has 1 aromatic rings. The maximum Gasteiger partial charge on any atom is 0.303 e. The molecule has 0 unspecified atom stereocenters. The average molecular weight is 246 g/mol. The van der Waals surface area contributed by atoms with Crippen LogP contribution in [0.4, 0.5) is 0 Å². The molecule has 0 spiro atoms. The second kappa shape index (κ2) is 8.51. The van der Waals surface area contributed by atoms with Crippen LogP contribution in [0, 0.1) is 0 Å². The van der Waals surface area contributed by atoms with Crippen molar-refractivity contribution in [2.75, 3.05) is 0 Å². The van der Waals surface area contributed by atoms with Gasteiger partial charge in [-0.1, -0.05) is 61.7 Å². The van der Waals surface area contributed by atoms with E-state index in [4.69, 9.17) is 5.11 Å². The molecule has 0 bridgehead atoms. The summed E-state index contributed by atoms with van der Waals surface area (Å²) in [5.74, 6) is -0.718. The second-order valence-electron chi connectivity index (χ2n) is 4.56. The molecule has 0 aliphatic heterocycles. The van der Waals surface area contributed by atoms with E-state index in [1.54, 1.807) is 0 Å². The highest BCUT2D eigenvalue weighted by atomic mass is 16.4. The molecule has 0 aliphatic carbocycles. The van der Waals surface area contributed by atoms with Crippen molar-refractivity contribution in [3.8, 4) is 0 Å². The molecular formula is C16H22O2. The molecule has 0 amide bonds. The van der Waals surface area contributed by atoms with E-state index in [0.717, 1.165) is 18.4 Å². The zero-order valence-electron chi connectivity index (χ0n) is 11.1. The van der Waals surface area contributed by atoms with Gasteiger partial charge in [0, 0.05) is 6.42 Å². The van der Waals surface area contributed by atoms with Crippen LogP contribution < -0.4 is 0 Å². The Bertz CT molecular complexity index is 379. The number of aliphatic carboxylic acids is 1. The van der Waals surface area contributed by atoms with Gasteiger partial charge in [-0.25, -0.2) is 0 Å². The van der Waals surface area contributed by atoms with Crippen LogP contribution >= 0.6 is 0 Å². The number of hydrogen-bond donors (Lipinski definition) is 1. The van der Waals surface area contributed by atoms with Gasteiger partial charge in [-0.3, -0.25) is 4.79 Å². The third-order valence-corrected chi connectivity index (χ3v) is 2.93. The average Bonchev–Trinajstić information content (AvgIpc) is 2.37. The van der Waals surface area contributed by atoms with Gasteiger partial charge in [0.15, 0.2) is 0 Å². The van der Waals surface area contributed by atoms with Crippen molar-refractivity contribution in [2.24, 2.45) is 0 Å². The monoisotopic (exact) mass is 246 g/mol. The van der Waals surface area contributed by atoms with Crippen LogP contribution in [0.2, 0.25) is 0 Å². The highest BCUT2D eigenvalue weighted by Gasteiger charge is 2.02. The first kappa shape index (κ1) is 14.5. The Hall–Kier alpha value is -1.57. The van der Waals surface area contributed by atoms with Crippen molar-refractivity contribution < 1.29 is 9.90 Å². The quantitative estimate of drug-likeness (QED) is 0.685. The highest BCUT2D eigenvalue weighted by Crippen LogP contribution is 2.18. The molecule has 1 N–H and O–H groups in total. The Labute approximate surface area is 109 Å². The zero-order chi connectivity index (χ0) is 13.2. The summed E-state index contributed by atoms with van der Waals surface area (Å²) in [7, 11) is 0. The van der Waals surface area contributed by atoms with Gasteiger partial charge in [0.25, 0.3) is 0 Å². The second-order valence-corrected chi connectivity index (χ2v) is 4.56. The maximum absolute atomic E-state index is 10.7. The molecule has 0 fully saturated rings. The zero-order valence-corrected chi connectivity index (χ0v) is 11.1. The first-order chi connectivity index (χ1) is 8.72. The van der Waals surface area contributed by atoms with Crippen molar-refractivity contribution in [2.45, 2.75) is 45.4 Å². The molecule has 1 rings (SSSR count). The molecule has 0 radical (unpaired) electrons. The molecule has 18 heavy (non-hydrogen) atoms. The molecule has 0 saturated heterocycles. The van der Waals surface area contributed by atoms with E-state index in [1.807, 2.05) is 18.2 Å². The fourth-order valence-electron chi connectivity index (χ4n) is 1.92. The Morgan fingerprint density at radius 2 is 1.83 bits per heavy atom. The molecule has 0 saturated carbocycles. The molecule has 0 heterocycles. The van der Waals surface area contributed by atoms with Gasteiger partial charge in [-0.05, 0) is 24.8 Å². The fourth-order valence-corrected chi connectivity index (χ4v) is 1.92. The number of carboxylic acid groups (broad SMARTS) is 1. The van der Waals surface area contributed by atoms with Crippen LogP contribution in [0.15, 0.2) is 35.9 Å². The Morgan fingerprint density at radius 3 is 2.44 bits per heavy atom. The molecule has 2 nitrogen and oxygen atoms in total. The first-order valence-corrected chi connectivity index (χ1v) is 6.68. The van der Waals surface area contributed by atoms with Gasteiger partial charge < -0.3 is 5.11 Å². The van der Waals surface area contributed by atoms with Gasteiger partial charge in [0.2, 0.25) is 0 Å². The molecule has 0 atom stereocenters. The standard InChI is InChI=1S/C16H22O2/c1-2-3-5-8-15(11-12-16(17)18)13-14-9-6-4-7-10-14/h4,6-7,9-10,13H,2-3,5,8,11-12H2,1H3,(H,17,18). The maximum atomic E-state index is 10.7. The van der Waals surface area contributed by atoms with E-state index < -0.39 is 5.97 Å². The van der Waals surface area contributed by atoms with E-state index in [0.29, 0.717) is 6.42 Å². The topological polar surface area (TPSA) is 37.3 Å². The van der Waals surface area contributed by atoms with Crippen molar-refractivity contribution in [3.05, 3.63) is 41.5 Å². The van der Waals surface area contributed by atoms with Crippen LogP contribution in [-0.2, 0) is 4.79 Å². The van der Waals surface area contributed by atoms with Crippen molar-refractivity contribution >= 4 is 12.0 Å². The van der Waals surface area contributed by atoms with Crippen LogP contribution in [0.5, 0.6) is 0 Å². The molecule has 0 aromatic heterocycles. The number of unbranched alkanes of at least 4 members (excludes halogenated alkanes) is 2. The first-order valence-electron chi connectivity index (χ1n) is 6.68. The summed E-state index contributed by atoms with van der Waals surface area (Å²) in [6, 6.07) is 10.1. The molecule has 1 aromatic carbocycles. The van der Waals surface area contributed by atoms with E-state index in [9.17, 15) is 4.79 Å². The minimum atomic E-state index is -0.718. The van der Waals surface area contributed by atoms with Gasteiger partial charge in [0.1, 0.15) is 0 Å². The lowest BCUT2D eigenvalue weighted by atomic mass is 10.00. The van der Waals surface area contributed by atoms with Crippen molar-refractivity contribution in [1.82, 2.24) is 0 Å². The summed E-state index contributed by atoms with van der Waals surface area (Å²) >= 11 is 0. The largest absolute Gasteiger partial charge is 0.481 e. The van der Waals surface area contributed by atoms with Gasteiger partial charge in [-0.2, -0.15) is 0 Å². The van der Waals surface area contributed by atoms with Crippen molar-refractivity contribution in [3.63, 3.8) is 0 Å². The fraction of sp³-hybridized carbons (Fsp3) is 0.438. The number of carbonyl (C=O) groups is 1. The van der Waals surface area contributed by atoms with Crippen LogP contribution in [0.3, 0.4) is 0 Å². The van der Waals surface area contributed by atoms with E-state index in [2.05, 4.69) is 25.1 Å². The van der Waals surface area contributed by atoms with E-state index in [1.165, 1.54) is 18.4 Å². The van der Waals surface area contributed by atoms with Crippen LogP contribution in [0.25, 0.3) is 6.08 Å². The number of carboxylic acids is 1. The highest BCUT2D eigenvalue weighted by molar-refractivity contribution is 5.67. The Kier molecular flexibility index (Phi) is 6.85. The smallest absolute Gasteiger partial charge is 0.303 e. The van der Waals surface area contributed by atoms with Crippen LogP contribution in [-0.4, -0.2) is 11.1 Å². The third-order valence-electron chi connectivity index (χ3n) is 2.93. The predicted octanol–water partition coefficient (Wildman–Crippen LogP) is 4.52. The van der Waals surface area contributed by atoms with Gasteiger partial charge in [0.05, 0.1) is 0 Å². The van der Waals surface area contributed by atoms with Gasteiger partial charge >= 0.3 is 5.97 Å². The summed E-state index contributed by atoms with van der Waals surface area (Å²) in [5.41, 5.74) is 2.41. The minimum Gasteiger partial charge on any atom is -0.481 e. The molecule has 2 heteroatoms. The Morgan fingerprint density at radius 1 is 1.11 bits per heavy atom. The van der Waals surface area contributed by atoms with E-state index >= 15 is 0 Å². The predicted molar refractivity (Wildman–Crippen MR) is 75.4 cm³/mol. The lowest BCUT2D eigenvalue weighted by Gasteiger charge is -2.06. The SMILES string of the molecule is CCCCCC(=Cc1ccccc1)CCC(=O)O. The summed E-state index contributed by atoms with van der Waals surface area (Å²) in [6.45, 7) is 2.18. The van der Waals surface area contributed by atoms with Crippen molar-refractivity contribution in [1.29, 1.82) is 0 Å². The number of benzene rings is 1. The lowest BCUT2D eigenvalue weighted by molar-refractivity contribution is -0.136. The third kappa shape index (κ3) is 6.24. The molecule has 98 valence electrons. The number of rotatable bonds is 8. The van der Waals surface area contributed by atoms with Crippen LogP contribution in [0.1, 0.15) is 51.0 Å². The molecule has 0 aliphatic rings.